The fourth-order valence-corrected chi connectivity index (χ4v) is 2.53. The highest BCUT2D eigenvalue weighted by atomic mass is 35.5. The van der Waals surface area contributed by atoms with Crippen molar-refractivity contribution >= 4 is 28.3 Å². The topological polar surface area (TPSA) is 46.9 Å². The quantitative estimate of drug-likeness (QED) is 0.754. The van der Waals surface area contributed by atoms with Gasteiger partial charge in [-0.25, -0.2) is 4.98 Å². The highest BCUT2D eigenvalue weighted by Gasteiger charge is 2.33. The molecule has 0 unspecified atom stereocenters. The second-order valence-corrected chi connectivity index (χ2v) is 5.46. The molecule has 0 aliphatic rings. The van der Waals surface area contributed by atoms with Crippen molar-refractivity contribution < 1.29 is 13.2 Å². The first-order chi connectivity index (χ1) is 11.3. The Bertz CT molecular complexity index is 965. The molecule has 8 heteroatoms. The third-order valence-corrected chi connectivity index (χ3v) is 3.76. The Labute approximate surface area is 139 Å². The van der Waals surface area contributed by atoms with E-state index in [1.807, 2.05) is 0 Å². The van der Waals surface area contributed by atoms with Gasteiger partial charge in [0.25, 0.3) is 5.56 Å². The lowest BCUT2D eigenvalue weighted by molar-refractivity contribution is -0.141. The Hall–Kier alpha value is -2.54. The van der Waals surface area contributed by atoms with Crippen molar-refractivity contribution in [1.82, 2.24) is 9.55 Å². The van der Waals surface area contributed by atoms with Crippen molar-refractivity contribution in [3.05, 3.63) is 63.5 Å². The number of hydrogen-bond acceptors (Lipinski definition) is 3. The number of pyridine rings is 2. The molecule has 2 heterocycles. The summed E-state index contributed by atoms with van der Waals surface area (Å²) in [5.41, 5.74) is -0.860. The Kier molecular flexibility index (Phi) is 3.96. The van der Waals surface area contributed by atoms with Gasteiger partial charge in [0.05, 0.1) is 11.4 Å². The number of aromatic nitrogens is 2. The Balaban J connectivity index is 2.40. The molecule has 0 atom stereocenters. The lowest BCUT2D eigenvalue weighted by atomic mass is 10.2. The molecule has 3 rings (SSSR count). The Morgan fingerprint density at radius 2 is 1.79 bits per heavy atom. The van der Waals surface area contributed by atoms with E-state index in [1.54, 1.807) is 31.3 Å². The fraction of sp³-hybridized carbons (Fsp3) is 0.125. The van der Waals surface area contributed by atoms with Crippen LogP contribution < -0.4 is 10.9 Å². The van der Waals surface area contributed by atoms with Crippen LogP contribution in [0.5, 0.6) is 0 Å². The Morgan fingerprint density at radius 3 is 2.38 bits per heavy atom. The highest BCUT2D eigenvalue weighted by molar-refractivity contribution is 6.30. The van der Waals surface area contributed by atoms with Crippen molar-refractivity contribution in [3.63, 3.8) is 0 Å². The summed E-state index contributed by atoms with van der Waals surface area (Å²) in [6.45, 7) is 0. The van der Waals surface area contributed by atoms with Gasteiger partial charge < -0.3 is 5.32 Å². The number of anilines is 1. The van der Waals surface area contributed by atoms with Gasteiger partial charge in [-0.2, -0.15) is 13.2 Å². The lowest BCUT2D eigenvalue weighted by Crippen LogP contribution is -2.21. The average Bonchev–Trinajstić information content (AvgIpc) is 2.54. The maximum atomic E-state index is 13.0. The third-order valence-electron chi connectivity index (χ3n) is 3.51. The largest absolute Gasteiger partial charge is 0.433 e. The van der Waals surface area contributed by atoms with E-state index >= 15 is 0 Å². The molecule has 3 aromatic rings. The first-order valence-electron chi connectivity index (χ1n) is 6.89. The summed E-state index contributed by atoms with van der Waals surface area (Å²) in [7, 11) is 1.58. The number of rotatable bonds is 2. The van der Waals surface area contributed by atoms with Gasteiger partial charge in [-0.05, 0) is 36.4 Å². The van der Waals surface area contributed by atoms with Crippen molar-refractivity contribution in [2.24, 2.45) is 0 Å². The minimum atomic E-state index is -4.61. The molecule has 4 nitrogen and oxygen atoms in total. The predicted octanol–water partition coefficient (Wildman–Crippen LogP) is 4.10. The second-order valence-electron chi connectivity index (χ2n) is 5.02. The maximum absolute atomic E-state index is 13.0. The summed E-state index contributed by atoms with van der Waals surface area (Å²) in [4.78, 5) is 16.1. The molecule has 0 saturated heterocycles. The highest BCUT2D eigenvalue weighted by Crippen LogP contribution is 2.31. The second kappa shape index (κ2) is 5.83. The molecule has 1 aromatic carbocycles. The molecule has 1 N–H and O–H groups in total. The molecule has 0 amide bonds. The lowest BCUT2D eigenvalue weighted by Gasteiger charge is -2.14. The number of halogens is 4. The van der Waals surface area contributed by atoms with Crippen LogP contribution in [0.25, 0.3) is 16.7 Å². The van der Waals surface area contributed by atoms with Crippen LogP contribution in [0.15, 0.2) is 47.3 Å². The molecular weight excluding hydrogens is 343 g/mol. The monoisotopic (exact) mass is 353 g/mol. The zero-order valence-corrected chi connectivity index (χ0v) is 13.1. The molecule has 0 aliphatic carbocycles. The van der Waals surface area contributed by atoms with Crippen LogP contribution in [0.2, 0.25) is 5.02 Å². The standard InChI is InChI=1S/C16H11ClF3N3O/c1-21-12-8-14(24)23(10-4-2-9(17)3-5-10)15-11(12)6-7-13(22-15)16(18,19)20/h2-8,21H,1H3. The number of fused-ring (bicyclic) bond motifs is 1. The van der Waals surface area contributed by atoms with Crippen molar-refractivity contribution in [2.45, 2.75) is 6.18 Å². The van der Waals surface area contributed by atoms with Crippen LogP contribution >= 0.6 is 11.6 Å². The smallest absolute Gasteiger partial charge is 0.387 e. The summed E-state index contributed by atoms with van der Waals surface area (Å²) in [5, 5.41) is 3.65. The normalized spacial score (nSPS) is 11.7. The minimum Gasteiger partial charge on any atom is -0.387 e. The number of nitrogens with one attached hydrogen (secondary N) is 1. The molecule has 0 spiro atoms. The predicted molar refractivity (Wildman–Crippen MR) is 86.9 cm³/mol. The van der Waals surface area contributed by atoms with Crippen molar-refractivity contribution in [2.75, 3.05) is 12.4 Å². The van der Waals surface area contributed by atoms with E-state index < -0.39 is 17.4 Å². The van der Waals surface area contributed by atoms with Crippen LogP contribution in [0.1, 0.15) is 5.69 Å². The number of alkyl halides is 3. The molecule has 0 aliphatic heterocycles. The molecule has 124 valence electrons. The summed E-state index contributed by atoms with van der Waals surface area (Å²) in [5.74, 6) is 0. The van der Waals surface area contributed by atoms with Crippen LogP contribution in [0, 0.1) is 0 Å². The first-order valence-corrected chi connectivity index (χ1v) is 7.27. The third kappa shape index (κ3) is 2.82. The van der Waals surface area contributed by atoms with Gasteiger partial charge in [-0.15, -0.1) is 0 Å². The van der Waals surface area contributed by atoms with E-state index in [4.69, 9.17) is 11.6 Å². The zero-order valence-electron chi connectivity index (χ0n) is 12.4. The molecule has 0 radical (unpaired) electrons. The van der Waals surface area contributed by atoms with E-state index in [-0.39, 0.29) is 5.65 Å². The SMILES string of the molecule is CNc1cc(=O)n(-c2ccc(Cl)cc2)c2nc(C(F)(F)F)ccc12. The van der Waals surface area contributed by atoms with Gasteiger partial charge >= 0.3 is 6.18 Å². The van der Waals surface area contributed by atoms with E-state index in [0.717, 1.165) is 10.6 Å². The molecule has 0 saturated carbocycles. The van der Waals surface area contributed by atoms with Crippen LogP contribution in [-0.2, 0) is 6.18 Å². The van der Waals surface area contributed by atoms with Gasteiger partial charge in [0.2, 0.25) is 0 Å². The van der Waals surface area contributed by atoms with E-state index in [2.05, 4.69) is 10.3 Å². The van der Waals surface area contributed by atoms with Gasteiger partial charge in [0.15, 0.2) is 0 Å². The van der Waals surface area contributed by atoms with Crippen molar-refractivity contribution in [1.29, 1.82) is 0 Å². The number of benzene rings is 1. The summed E-state index contributed by atoms with van der Waals surface area (Å²) < 4.78 is 40.1. The molecular formula is C16H11ClF3N3O. The summed E-state index contributed by atoms with van der Waals surface area (Å²) in [6, 6.07) is 9.69. The fourth-order valence-electron chi connectivity index (χ4n) is 2.40. The van der Waals surface area contributed by atoms with E-state index in [0.29, 0.717) is 21.8 Å². The summed E-state index contributed by atoms with van der Waals surface area (Å²) >= 11 is 5.83. The van der Waals surface area contributed by atoms with Gasteiger partial charge in [0, 0.05) is 23.5 Å². The molecule has 24 heavy (non-hydrogen) atoms. The van der Waals surface area contributed by atoms with Crippen LogP contribution in [0.4, 0.5) is 18.9 Å². The molecule has 2 aromatic heterocycles. The van der Waals surface area contributed by atoms with Gasteiger partial charge in [-0.3, -0.25) is 9.36 Å². The van der Waals surface area contributed by atoms with Crippen LogP contribution in [0.3, 0.4) is 0 Å². The van der Waals surface area contributed by atoms with Gasteiger partial charge in [-0.1, -0.05) is 11.6 Å². The number of nitrogens with zero attached hydrogens (tertiary/aromatic N) is 2. The van der Waals surface area contributed by atoms with Crippen LogP contribution in [-0.4, -0.2) is 16.6 Å². The summed E-state index contributed by atoms with van der Waals surface area (Å²) in [6.07, 6.45) is -4.61. The van der Waals surface area contributed by atoms with Crippen molar-refractivity contribution in [3.8, 4) is 5.69 Å². The Morgan fingerprint density at radius 1 is 1.12 bits per heavy atom. The van der Waals surface area contributed by atoms with E-state index in [1.165, 1.54) is 12.1 Å². The first kappa shape index (κ1) is 16.3. The molecule has 0 bridgehead atoms. The zero-order chi connectivity index (χ0) is 17.5. The average molecular weight is 354 g/mol. The maximum Gasteiger partial charge on any atom is 0.433 e. The minimum absolute atomic E-state index is 0.0796. The van der Waals surface area contributed by atoms with E-state index in [9.17, 15) is 18.0 Å². The van der Waals surface area contributed by atoms with Gasteiger partial charge in [0.1, 0.15) is 11.3 Å². The number of hydrogen-bond donors (Lipinski definition) is 1. The molecule has 0 fully saturated rings.